The number of hydrogen-bond donors (Lipinski definition) is 1. The number of halogens is 1. The van der Waals surface area contributed by atoms with E-state index in [9.17, 15) is 14.0 Å². The molecule has 172 valence electrons. The highest BCUT2D eigenvalue weighted by Gasteiger charge is 2.41. The average Bonchev–Trinajstić information content (AvgIpc) is 3.25. The Hall–Kier alpha value is -2.13. The minimum atomic E-state index is -1.87. The van der Waals surface area contributed by atoms with Crippen molar-refractivity contribution >= 4 is 31.7 Å². The molecule has 0 spiro atoms. The van der Waals surface area contributed by atoms with Crippen LogP contribution in [0.3, 0.4) is 0 Å². The molecular formula is C22H34FN3O4Si. The number of hydrogen-bond acceptors (Lipinski definition) is 5. The number of benzene rings is 1. The summed E-state index contributed by atoms with van der Waals surface area (Å²) in [5.41, 5.74) is 0.970. The minimum absolute atomic E-state index is 0.100. The fourth-order valence-corrected chi connectivity index (χ4v) is 5.03. The molecule has 0 aromatic heterocycles. The van der Waals surface area contributed by atoms with E-state index >= 15 is 0 Å². The van der Waals surface area contributed by atoms with Crippen molar-refractivity contribution in [1.29, 1.82) is 0 Å². The molecule has 0 bridgehead atoms. The first-order valence-corrected chi connectivity index (χ1v) is 13.7. The van der Waals surface area contributed by atoms with E-state index in [0.29, 0.717) is 17.9 Å². The Morgan fingerprint density at radius 2 is 2.03 bits per heavy atom. The standard InChI is InChI=1S/C22H34FN3O4Si/c1-15(27)24-12-18-14-26(21(28)29-18)16-7-8-20(19(23)11-16)25-10-9-17(13-25)30-31(5,6)22(2,3)4/h7-8,11,17-18H,9-10,12-14H2,1-6H3,(H,24,27)/t17-,18?/m0/s1. The van der Waals surface area contributed by atoms with E-state index in [1.54, 1.807) is 12.1 Å². The van der Waals surface area contributed by atoms with E-state index < -0.39 is 20.5 Å². The minimum Gasteiger partial charge on any atom is -0.442 e. The van der Waals surface area contributed by atoms with E-state index in [4.69, 9.17) is 9.16 Å². The van der Waals surface area contributed by atoms with Crippen LogP contribution in [0.4, 0.5) is 20.6 Å². The van der Waals surface area contributed by atoms with E-state index in [1.807, 2.05) is 4.90 Å². The van der Waals surface area contributed by atoms with Crippen LogP contribution in [0.2, 0.25) is 18.1 Å². The first kappa shape index (κ1) is 23.5. The zero-order chi connectivity index (χ0) is 23.0. The molecule has 2 atom stereocenters. The monoisotopic (exact) mass is 451 g/mol. The Labute approximate surface area is 185 Å². The van der Waals surface area contributed by atoms with Crippen molar-refractivity contribution < 1.29 is 23.1 Å². The molecule has 2 aliphatic heterocycles. The molecule has 0 aliphatic carbocycles. The third-order valence-electron chi connectivity index (χ3n) is 6.45. The van der Waals surface area contributed by atoms with E-state index in [-0.39, 0.29) is 36.0 Å². The van der Waals surface area contributed by atoms with Crippen LogP contribution in [-0.4, -0.2) is 58.7 Å². The second-order valence-corrected chi connectivity index (χ2v) is 14.7. The molecule has 1 aromatic carbocycles. The first-order valence-electron chi connectivity index (χ1n) is 10.8. The lowest BCUT2D eigenvalue weighted by Gasteiger charge is -2.38. The van der Waals surface area contributed by atoms with Gasteiger partial charge in [-0.1, -0.05) is 20.8 Å². The van der Waals surface area contributed by atoms with Crippen LogP contribution in [0.15, 0.2) is 18.2 Å². The Balaban J connectivity index is 1.64. The summed E-state index contributed by atoms with van der Waals surface area (Å²) in [6.07, 6.45) is -0.0164. The largest absolute Gasteiger partial charge is 0.442 e. The number of carbonyl (C=O) groups excluding carboxylic acids is 2. The molecule has 3 rings (SSSR count). The number of rotatable bonds is 6. The topological polar surface area (TPSA) is 71.1 Å². The first-order chi connectivity index (χ1) is 14.4. The molecule has 2 aliphatic rings. The van der Waals surface area contributed by atoms with Gasteiger partial charge in [-0.05, 0) is 42.8 Å². The van der Waals surface area contributed by atoms with Crippen LogP contribution in [0.5, 0.6) is 0 Å². The Bertz CT molecular complexity index is 843. The normalized spacial score (nSPS) is 22.1. The Kier molecular flexibility index (Phi) is 6.66. The number of amides is 2. The summed E-state index contributed by atoms with van der Waals surface area (Å²) in [4.78, 5) is 26.7. The van der Waals surface area contributed by atoms with Crippen LogP contribution < -0.4 is 15.1 Å². The molecule has 2 heterocycles. The molecule has 1 unspecified atom stereocenters. The van der Waals surface area contributed by atoms with Gasteiger partial charge in [0.1, 0.15) is 11.9 Å². The molecule has 9 heteroatoms. The number of nitrogens with zero attached hydrogens (tertiary/aromatic N) is 2. The van der Waals surface area contributed by atoms with Crippen molar-refractivity contribution in [3.63, 3.8) is 0 Å². The maximum Gasteiger partial charge on any atom is 0.414 e. The highest BCUT2D eigenvalue weighted by atomic mass is 28.4. The summed E-state index contributed by atoms with van der Waals surface area (Å²) >= 11 is 0. The lowest BCUT2D eigenvalue weighted by Crippen LogP contribution is -2.44. The number of nitrogens with one attached hydrogen (secondary N) is 1. The van der Waals surface area contributed by atoms with Gasteiger partial charge >= 0.3 is 6.09 Å². The average molecular weight is 452 g/mol. The van der Waals surface area contributed by atoms with Gasteiger partial charge in [0.25, 0.3) is 0 Å². The molecule has 0 saturated carbocycles. The van der Waals surface area contributed by atoms with Crippen molar-refractivity contribution in [3.8, 4) is 0 Å². The number of anilines is 2. The summed E-state index contributed by atoms with van der Waals surface area (Å²) in [6.45, 7) is 14.4. The molecule has 2 saturated heterocycles. The third-order valence-corrected chi connectivity index (χ3v) is 11.0. The van der Waals surface area contributed by atoms with Crippen molar-refractivity contribution in [3.05, 3.63) is 24.0 Å². The van der Waals surface area contributed by atoms with E-state index in [2.05, 4.69) is 39.2 Å². The van der Waals surface area contributed by atoms with Crippen LogP contribution >= 0.6 is 0 Å². The number of ether oxygens (including phenoxy) is 1. The highest BCUT2D eigenvalue weighted by Crippen LogP contribution is 2.39. The van der Waals surface area contributed by atoms with Gasteiger partial charge in [0.2, 0.25) is 5.91 Å². The summed E-state index contributed by atoms with van der Waals surface area (Å²) in [5, 5.41) is 2.77. The maximum absolute atomic E-state index is 15.0. The molecule has 0 radical (unpaired) electrons. The summed E-state index contributed by atoms with van der Waals surface area (Å²) in [7, 11) is -1.87. The van der Waals surface area contributed by atoms with Crippen LogP contribution in [0, 0.1) is 5.82 Å². The van der Waals surface area contributed by atoms with Gasteiger partial charge < -0.3 is 19.4 Å². The lowest BCUT2D eigenvalue weighted by molar-refractivity contribution is -0.119. The molecule has 31 heavy (non-hydrogen) atoms. The second-order valence-electron chi connectivity index (χ2n) is 9.92. The quantitative estimate of drug-likeness (QED) is 0.665. The second kappa shape index (κ2) is 8.78. The molecule has 1 aromatic rings. The summed E-state index contributed by atoms with van der Waals surface area (Å²) in [5.74, 6) is -0.560. The van der Waals surface area contributed by atoms with Crippen LogP contribution in [0.1, 0.15) is 34.1 Å². The van der Waals surface area contributed by atoms with Crippen LogP contribution in [-0.2, 0) is 14.0 Å². The van der Waals surface area contributed by atoms with Gasteiger partial charge in [-0.2, -0.15) is 0 Å². The maximum atomic E-state index is 15.0. The SMILES string of the molecule is CC(=O)NCC1CN(c2ccc(N3CC[C@H](O[Si](C)(C)C(C)(C)C)C3)c(F)c2)C(=O)O1. The smallest absolute Gasteiger partial charge is 0.414 e. The third kappa shape index (κ3) is 5.38. The van der Waals surface area contributed by atoms with Gasteiger partial charge in [-0.25, -0.2) is 9.18 Å². The zero-order valence-electron chi connectivity index (χ0n) is 19.3. The van der Waals surface area contributed by atoms with E-state index in [1.165, 1.54) is 17.9 Å². The van der Waals surface area contributed by atoms with Gasteiger partial charge in [0.05, 0.1) is 30.6 Å². The van der Waals surface area contributed by atoms with Crippen molar-refractivity contribution in [2.75, 3.05) is 36.0 Å². The van der Waals surface area contributed by atoms with Crippen molar-refractivity contribution in [1.82, 2.24) is 5.32 Å². The van der Waals surface area contributed by atoms with Gasteiger partial charge in [-0.3, -0.25) is 9.69 Å². The summed E-state index contributed by atoms with van der Waals surface area (Å²) < 4.78 is 26.7. The fourth-order valence-electron chi connectivity index (χ4n) is 3.65. The zero-order valence-corrected chi connectivity index (χ0v) is 20.3. The number of cyclic esters (lactones) is 1. The predicted octanol–water partition coefficient (Wildman–Crippen LogP) is 3.89. The van der Waals surface area contributed by atoms with Gasteiger partial charge in [0, 0.05) is 20.0 Å². The van der Waals surface area contributed by atoms with Gasteiger partial charge in [-0.15, -0.1) is 0 Å². The van der Waals surface area contributed by atoms with Crippen molar-refractivity contribution in [2.45, 2.75) is 64.5 Å². The molecule has 2 amide bonds. The van der Waals surface area contributed by atoms with Crippen molar-refractivity contribution in [2.24, 2.45) is 0 Å². The van der Waals surface area contributed by atoms with Gasteiger partial charge in [0.15, 0.2) is 8.32 Å². The number of carbonyl (C=O) groups is 2. The molecule has 1 N–H and O–H groups in total. The summed E-state index contributed by atoms with van der Waals surface area (Å²) in [6, 6.07) is 4.83. The Morgan fingerprint density at radius 3 is 2.65 bits per heavy atom. The molecular weight excluding hydrogens is 417 g/mol. The van der Waals surface area contributed by atoms with E-state index in [0.717, 1.165) is 13.0 Å². The molecule has 2 fully saturated rings. The fraction of sp³-hybridized carbons (Fsp3) is 0.636. The van der Waals surface area contributed by atoms with Crippen LogP contribution in [0.25, 0.3) is 0 Å². The Morgan fingerprint density at radius 1 is 1.32 bits per heavy atom. The highest BCUT2D eigenvalue weighted by molar-refractivity contribution is 6.74. The molecule has 7 nitrogen and oxygen atoms in total. The lowest BCUT2D eigenvalue weighted by atomic mass is 10.2. The predicted molar refractivity (Wildman–Crippen MR) is 122 cm³/mol.